The minimum Gasteiger partial charge on any atom is -0.349 e. The monoisotopic (exact) mass is 390 g/mol. The van der Waals surface area contributed by atoms with Crippen LogP contribution in [0.15, 0.2) is 16.9 Å². The van der Waals surface area contributed by atoms with Crippen molar-refractivity contribution in [3.8, 4) is 6.07 Å². The number of nitrogens with zero attached hydrogens (tertiary/aromatic N) is 2. The molecule has 1 fully saturated rings. The zero-order chi connectivity index (χ0) is 20.4. The molecule has 1 aromatic carbocycles. The molecule has 3 rings (SSSR count). The zero-order valence-electron chi connectivity index (χ0n) is 15.0. The topological polar surface area (TPSA) is 118 Å². The Labute approximate surface area is 158 Å². The Morgan fingerprint density at radius 1 is 1.43 bits per heavy atom. The van der Waals surface area contributed by atoms with E-state index in [0.717, 1.165) is 10.8 Å². The lowest BCUT2D eigenvalue weighted by molar-refractivity contribution is -0.591. The number of halogens is 2. The number of benzene rings is 1. The molecule has 10 heteroatoms. The Morgan fingerprint density at radius 2 is 2.18 bits per heavy atom. The molecule has 2 unspecified atom stereocenters. The summed E-state index contributed by atoms with van der Waals surface area (Å²) in [6.45, 7) is 1.71. The van der Waals surface area contributed by atoms with Crippen LogP contribution < -0.4 is 16.2 Å². The van der Waals surface area contributed by atoms with E-state index in [-0.39, 0.29) is 48.1 Å². The minimum atomic E-state index is -1.09. The minimum absolute atomic E-state index is 0.00860. The van der Waals surface area contributed by atoms with Crippen LogP contribution in [-0.2, 0) is 11.2 Å². The Kier molecular flexibility index (Phi) is 5.46. The second-order valence-electron chi connectivity index (χ2n) is 6.67. The lowest BCUT2D eigenvalue weighted by Crippen LogP contribution is -2.54. The first-order chi connectivity index (χ1) is 13.3. The second kappa shape index (κ2) is 7.82. The molecule has 146 valence electrons. The molecule has 1 saturated heterocycles. The van der Waals surface area contributed by atoms with E-state index in [4.69, 9.17) is 5.26 Å². The van der Waals surface area contributed by atoms with Gasteiger partial charge < -0.3 is 10.3 Å². The maximum absolute atomic E-state index is 14.1. The molecular formula is C18H18F2N5O3+. The summed E-state index contributed by atoms with van der Waals surface area (Å²) < 4.78 is 28.4. The Hall–Kier alpha value is -3.19. The summed E-state index contributed by atoms with van der Waals surface area (Å²) in [5.74, 6) is -2.66. The fourth-order valence-electron chi connectivity index (χ4n) is 3.24. The number of aromatic nitrogens is 1. The number of H-pyrrole nitrogens is 1. The van der Waals surface area contributed by atoms with Crippen LogP contribution in [-0.4, -0.2) is 47.4 Å². The van der Waals surface area contributed by atoms with Crippen LogP contribution >= 0.6 is 0 Å². The first-order valence-electron chi connectivity index (χ1n) is 8.64. The predicted molar refractivity (Wildman–Crippen MR) is 95.6 cm³/mol. The number of carbonyl (C=O) groups excluding carboxylic acids is 1. The van der Waals surface area contributed by atoms with Gasteiger partial charge in [-0.2, -0.15) is 5.26 Å². The van der Waals surface area contributed by atoms with Gasteiger partial charge in [-0.15, -0.1) is 0 Å². The number of nitriles is 1. The number of amides is 1. The van der Waals surface area contributed by atoms with Crippen molar-refractivity contribution in [3.63, 3.8) is 0 Å². The van der Waals surface area contributed by atoms with Crippen molar-refractivity contribution in [2.75, 3.05) is 19.6 Å². The molecule has 0 saturated carbocycles. The number of carbonyl (C=O) groups is 1. The summed E-state index contributed by atoms with van der Waals surface area (Å²) in [6, 6.07) is 3.03. The summed E-state index contributed by atoms with van der Waals surface area (Å²) in [5.41, 5.74) is -0.201. The maximum atomic E-state index is 14.1. The summed E-state index contributed by atoms with van der Waals surface area (Å²) in [4.78, 5) is 38.9. The quantitative estimate of drug-likeness (QED) is 0.654. The van der Waals surface area contributed by atoms with Crippen molar-refractivity contribution in [1.82, 2.24) is 15.6 Å². The highest BCUT2D eigenvalue weighted by molar-refractivity contribution is 5.86. The van der Waals surface area contributed by atoms with Crippen LogP contribution in [0.1, 0.15) is 11.1 Å². The lowest BCUT2D eigenvalue weighted by Gasteiger charge is -2.19. The van der Waals surface area contributed by atoms with Gasteiger partial charge in [0.05, 0.1) is 31.1 Å². The molecule has 3 N–H and O–H groups in total. The van der Waals surface area contributed by atoms with Crippen molar-refractivity contribution < 1.29 is 18.3 Å². The molecule has 1 aromatic heterocycles. The van der Waals surface area contributed by atoms with Crippen LogP contribution in [0.2, 0.25) is 0 Å². The third-order valence-corrected chi connectivity index (χ3v) is 4.84. The summed E-state index contributed by atoms with van der Waals surface area (Å²) in [5, 5.41) is 14.2. The number of piperazine rings is 1. The van der Waals surface area contributed by atoms with Gasteiger partial charge in [-0.25, -0.2) is 8.78 Å². The van der Waals surface area contributed by atoms with E-state index in [1.165, 1.54) is 13.0 Å². The number of fused-ring (bicyclic) bond motifs is 1. The van der Waals surface area contributed by atoms with E-state index in [0.29, 0.717) is 0 Å². The largest absolute Gasteiger partial charge is 0.349 e. The van der Waals surface area contributed by atoms with Crippen LogP contribution in [0.4, 0.5) is 8.78 Å². The van der Waals surface area contributed by atoms with Crippen molar-refractivity contribution >= 4 is 16.8 Å². The first-order valence-corrected chi connectivity index (χ1v) is 8.64. The van der Waals surface area contributed by atoms with Crippen LogP contribution in [0.3, 0.4) is 0 Å². The van der Waals surface area contributed by atoms with E-state index in [2.05, 4.69) is 15.6 Å². The van der Waals surface area contributed by atoms with Gasteiger partial charge in [0, 0.05) is 20.6 Å². The standard InChI is InChI=1S/C18H17F2N5O3/c1-9-12(18(27)24-14-3-2-13(19)17(20)16(9)14)4-15(26)23-7-11-6-22-10(5-21)8-25(11)28/h2-3,10-11,22H,4,6-8H2,1H3,(H-,23,24,26,27)/p+1. The SMILES string of the molecule is Cc1c(CC(=O)NCC2CNC(C#N)C[N+]2=O)c(=O)[nH]c2ccc(F)c(F)c12. The van der Waals surface area contributed by atoms with Crippen molar-refractivity contribution in [2.24, 2.45) is 0 Å². The van der Waals surface area contributed by atoms with Crippen molar-refractivity contribution in [3.05, 3.63) is 50.2 Å². The first kappa shape index (κ1) is 19.6. The number of rotatable bonds is 4. The fourth-order valence-corrected chi connectivity index (χ4v) is 3.24. The van der Waals surface area contributed by atoms with E-state index in [9.17, 15) is 23.3 Å². The number of nitrogens with one attached hydrogen (secondary N) is 3. The molecule has 2 aromatic rings. The van der Waals surface area contributed by atoms with E-state index in [1.54, 1.807) is 0 Å². The molecular weight excluding hydrogens is 372 g/mol. The molecule has 1 amide bonds. The Balaban J connectivity index is 1.73. The van der Waals surface area contributed by atoms with Gasteiger partial charge >= 0.3 is 0 Å². The molecule has 0 aliphatic carbocycles. The van der Waals surface area contributed by atoms with Crippen molar-refractivity contribution in [1.29, 1.82) is 5.26 Å². The molecule has 1 aliphatic heterocycles. The van der Waals surface area contributed by atoms with Crippen LogP contribution in [0.25, 0.3) is 10.9 Å². The highest BCUT2D eigenvalue weighted by atomic mass is 19.2. The molecule has 0 bridgehead atoms. The van der Waals surface area contributed by atoms with Gasteiger partial charge in [-0.3, -0.25) is 14.9 Å². The van der Waals surface area contributed by atoms with Crippen molar-refractivity contribution in [2.45, 2.75) is 25.4 Å². The smallest absolute Gasteiger partial charge is 0.252 e. The van der Waals surface area contributed by atoms with Gasteiger partial charge in [-0.1, -0.05) is 0 Å². The van der Waals surface area contributed by atoms with Gasteiger partial charge in [0.15, 0.2) is 17.7 Å². The molecule has 2 heterocycles. The normalized spacial score (nSPS) is 19.4. The highest BCUT2D eigenvalue weighted by Crippen LogP contribution is 2.23. The van der Waals surface area contributed by atoms with E-state index < -0.39 is 35.2 Å². The van der Waals surface area contributed by atoms with Gasteiger partial charge in [0.2, 0.25) is 18.5 Å². The highest BCUT2D eigenvalue weighted by Gasteiger charge is 2.34. The number of pyridine rings is 1. The van der Waals surface area contributed by atoms with Gasteiger partial charge in [-0.05, 0) is 24.6 Å². The molecule has 8 nitrogen and oxygen atoms in total. The molecule has 0 radical (unpaired) electrons. The third-order valence-electron chi connectivity index (χ3n) is 4.84. The zero-order valence-corrected chi connectivity index (χ0v) is 15.0. The van der Waals surface area contributed by atoms with E-state index in [1.807, 2.05) is 6.07 Å². The molecule has 1 aliphatic rings. The average Bonchev–Trinajstić information content (AvgIpc) is 2.66. The lowest BCUT2D eigenvalue weighted by atomic mass is 10.0. The third kappa shape index (κ3) is 3.75. The van der Waals surface area contributed by atoms with Gasteiger partial charge in [0.1, 0.15) is 0 Å². The number of hydrogen-bond acceptors (Lipinski definition) is 5. The Morgan fingerprint density at radius 3 is 2.86 bits per heavy atom. The summed E-state index contributed by atoms with van der Waals surface area (Å²) in [7, 11) is 0. The number of hydrogen-bond donors (Lipinski definition) is 3. The summed E-state index contributed by atoms with van der Waals surface area (Å²) >= 11 is 0. The van der Waals surface area contributed by atoms with E-state index >= 15 is 0 Å². The average molecular weight is 390 g/mol. The number of aryl methyl sites for hydroxylation is 1. The number of nitroso groups, excluding NO2 is 1. The molecule has 2 atom stereocenters. The molecule has 0 spiro atoms. The fraction of sp³-hybridized carbons (Fsp3) is 0.389. The summed E-state index contributed by atoms with van der Waals surface area (Å²) in [6.07, 6.45) is -0.340. The predicted octanol–water partition coefficient (Wildman–Crippen LogP) is 0.416. The molecule has 28 heavy (non-hydrogen) atoms. The van der Waals surface area contributed by atoms with Crippen LogP contribution in [0.5, 0.6) is 0 Å². The number of aromatic amines is 1. The van der Waals surface area contributed by atoms with Crippen LogP contribution in [0, 0.1) is 34.8 Å². The Bertz CT molecular complexity index is 1060. The second-order valence-corrected chi connectivity index (χ2v) is 6.67. The van der Waals surface area contributed by atoms with Gasteiger partial charge in [0.25, 0.3) is 5.56 Å². The maximum Gasteiger partial charge on any atom is 0.252 e.